The second kappa shape index (κ2) is 14.6. The summed E-state index contributed by atoms with van der Waals surface area (Å²) in [7, 11) is 0. The summed E-state index contributed by atoms with van der Waals surface area (Å²) in [6, 6.07) is 24.4. The Morgan fingerprint density at radius 2 is 1.48 bits per heavy atom. The van der Waals surface area contributed by atoms with Crippen LogP contribution in [0.4, 0.5) is 0 Å². The summed E-state index contributed by atoms with van der Waals surface area (Å²) < 4.78 is 0. The van der Waals surface area contributed by atoms with Gasteiger partial charge in [0.25, 0.3) is 0 Å². The molecule has 4 rings (SSSR count). The number of benzene rings is 3. The number of hydrogen-bond acceptors (Lipinski definition) is 3. The van der Waals surface area contributed by atoms with Crippen molar-refractivity contribution >= 4 is 17.3 Å². The molecule has 3 nitrogen and oxygen atoms in total. The Morgan fingerprint density at radius 3 is 2.16 bits per heavy atom. The number of hydrogen-bond donors (Lipinski definition) is 0. The third kappa shape index (κ3) is 7.65. The van der Waals surface area contributed by atoms with E-state index in [4.69, 9.17) is 0 Å². The fourth-order valence-electron chi connectivity index (χ4n) is 7.65. The number of ketones is 3. The van der Waals surface area contributed by atoms with Crippen LogP contribution >= 0.6 is 0 Å². The van der Waals surface area contributed by atoms with E-state index in [2.05, 4.69) is 58.0 Å². The second-order valence-electron chi connectivity index (χ2n) is 14.1. The Bertz CT molecular complexity index is 1450. The molecule has 3 aromatic rings. The molecule has 5 unspecified atom stereocenters. The lowest BCUT2D eigenvalue weighted by Gasteiger charge is -2.34. The number of rotatable bonds is 14. The highest BCUT2D eigenvalue weighted by Gasteiger charge is 2.51. The maximum atomic E-state index is 14.5. The van der Waals surface area contributed by atoms with Crippen molar-refractivity contribution in [2.24, 2.45) is 35.0 Å². The van der Waals surface area contributed by atoms with Crippen molar-refractivity contribution in [1.29, 1.82) is 0 Å². The summed E-state index contributed by atoms with van der Waals surface area (Å²) in [6.45, 7) is 14.7. The molecule has 234 valence electrons. The van der Waals surface area contributed by atoms with E-state index in [-0.39, 0.29) is 52.4 Å². The molecule has 0 N–H and O–H groups in total. The van der Waals surface area contributed by atoms with Gasteiger partial charge in [-0.1, -0.05) is 107 Å². The van der Waals surface area contributed by atoms with Crippen LogP contribution in [0.5, 0.6) is 0 Å². The third-order valence-corrected chi connectivity index (χ3v) is 10.6. The highest BCUT2D eigenvalue weighted by atomic mass is 16.1. The van der Waals surface area contributed by atoms with E-state index in [0.29, 0.717) is 12.8 Å². The van der Waals surface area contributed by atoms with Crippen LogP contribution in [0.2, 0.25) is 0 Å². The first-order valence-corrected chi connectivity index (χ1v) is 16.7. The van der Waals surface area contributed by atoms with Gasteiger partial charge in [-0.15, -0.1) is 0 Å². The number of carbonyl (C=O) groups excluding carboxylic acids is 3. The number of Topliss-reactive ketones (excluding diaryl/α,β-unsaturated/α-hetero) is 3. The number of aryl methyl sites for hydroxylation is 2. The highest BCUT2D eigenvalue weighted by molar-refractivity contribution is 5.98. The largest absolute Gasteiger partial charge is 0.299 e. The molecule has 1 saturated carbocycles. The molecule has 0 radical (unpaired) electrons. The summed E-state index contributed by atoms with van der Waals surface area (Å²) in [5, 5.41) is 0. The fourth-order valence-corrected chi connectivity index (χ4v) is 7.65. The molecular formula is C41H52O3. The summed E-state index contributed by atoms with van der Waals surface area (Å²) >= 11 is 0. The fraction of sp³-hybridized carbons (Fsp3) is 0.488. The molecule has 1 fully saturated rings. The molecule has 0 amide bonds. The van der Waals surface area contributed by atoms with Gasteiger partial charge in [0, 0.05) is 35.7 Å². The van der Waals surface area contributed by atoms with Crippen LogP contribution in [0.1, 0.15) is 98.0 Å². The van der Waals surface area contributed by atoms with Crippen LogP contribution in [0, 0.1) is 55.8 Å². The first kappa shape index (κ1) is 33.6. The minimum atomic E-state index is -0.334. The lowest BCUT2D eigenvalue weighted by atomic mass is 9.68. The van der Waals surface area contributed by atoms with Crippen LogP contribution in [-0.2, 0) is 22.4 Å². The monoisotopic (exact) mass is 592 g/mol. The smallest absolute Gasteiger partial charge is 0.163 e. The average Bonchev–Trinajstić information content (AvgIpc) is 3.32. The topological polar surface area (TPSA) is 51.2 Å². The van der Waals surface area contributed by atoms with Gasteiger partial charge in [-0.05, 0) is 92.0 Å². The van der Waals surface area contributed by atoms with Crippen molar-refractivity contribution in [2.45, 2.75) is 93.4 Å². The van der Waals surface area contributed by atoms with Gasteiger partial charge in [0.2, 0.25) is 0 Å². The first-order chi connectivity index (χ1) is 20.9. The van der Waals surface area contributed by atoms with Gasteiger partial charge in [-0.2, -0.15) is 0 Å². The molecule has 44 heavy (non-hydrogen) atoms. The third-order valence-electron chi connectivity index (χ3n) is 10.6. The second-order valence-corrected chi connectivity index (χ2v) is 14.1. The zero-order chi connectivity index (χ0) is 32.0. The Morgan fingerprint density at radius 1 is 0.818 bits per heavy atom. The van der Waals surface area contributed by atoms with Gasteiger partial charge in [-0.3, -0.25) is 14.4 Å². The van der Waals surface area contributed by atoms with Crippen LogP contribution in [0.3, 0.4) is 0 Å². The van der Waals surface area contributed by atoms with Gasteiger partial charge >= 0.3 is 0 Å². The first-order valence-electron chi connectivity index (χ1n) is 16.7. The molecule has 0 saturated heterocycles. The van der Waals surface area contributed by atoms with Gasteiger partial charge < -0.3 is 0 Å². The molecule has 1 aliphatic carbocycles. The van der Waals surface area contributed by atoms with Crippen molar-refractivity contribution in [3.63, 3.8) is 0 Å². The van der Waals surface area contributed by atoms with E-state index >= 15 is 0 Å². The number of carbonyl (C=O) groups is 3. The minimum Gasteiger partial charge on any atom is -0.299 e. The van der Waals surface area contributed by atoms with E-state index in [1.807, 2.05) is 63.2 Å². The zero-order valence-corrected chi connectivity index (χ0v) is 28.0. The highest BCUT2D eigenvalue weighted by Crippen LogP contribution is 2.50. The molecule has 0 spiro atoms. The Kier molecular flexibility index (Phi) is 11.2. The summed E-state index contributed by atoms with van der Waals surface area (Å²) in [4.78, 5) is 42.8. The molecule has 0 aliphatic heterocycles. The normalized spacial score (nSPS) is 19.7. The van der Waals surface area contributed by atoms with Crippen LogP contribution in [-0.4, -0.2) is 17.3 Å². The predicted octanol–water partition coefficient (Wildman–Crippen LogP) is 9.53. The molecule has 0 aromatic heterocycles. The minimum absolute atomic E-state index is 0.0902. The predicted molar refractivity (Wildman–Crippen MR) is 181 cm³/mol. The van der Waals surface area contributed by atoms with Gasteiger partial charge in [0.15, 0.2) is 5.78 Å². The molecular weight excluding hydrogens is 540 g/mol. The molecule has 0 heterocycles. The van der Waals surface area contributed by atoms with Gasteiger partial charge in [-0.25, -0.2) is 0 Å². The van der Waals surface area contributed by atoms with E-state index in [9.17, 15) is 14.4 Å². The van der Waals surface area contributed by atoms with Gasteiger partial charge in [0.1, 0.15) is 11.6 Å². The maximum absolute atomic E-state index is 14.5. The lowest BCUT2D eigenvalue weighted by molar-refractivity contribution is -0.139. The summed E-state index contributed by atoms with van der Waals surface area (Å²) in [6.07, 6.45) is 5.06. The van der Waals surface area contributed by atoms with Crippen LogP contribution < -0.4 is 0 Å². The maximum Gasteiger partial charge on any atom is 0.163 e. The van der Waals surface area contributed by atoms with E-state index < -0.39 is 0 Å². The molecule has 3 aromatic carbocycles. The average molecular weight is 593 g/mol. The molecule has 5 atom stereocenters. The van der Waals surface area contributed by atoms with Crippen molar-refractivity contribution in [3.8, 4) is 0 Å². The molecule has 0 bridgehead atoms. The van der Waals surface area contributed by atoms with Crippen molar-refractivity contribution in [1.82, 2.24) is 0 Å². The lowest BCUT2D eigenvalue weighted by Crippen LogP contribution is -2.41. The van der Waals surface area contributed by atoms with E-state index in [1.54, 1.807) is 0 Å². The molecule has 1 aliphatic rings. The summed E-state index contributed by atoms with van der Waals surface area (Å²) in [5.74, 6) is -0.672. The standard InChI is InChI=1S/C41H52O3/c1-8-15-33(25-32-20-13-12-16-28(32)3)40(44)38-36(22-23-41(38,6)7)39(43)30(5)34(24-31-18-10-9-11-19-31)26-37(42)35-21-14-17-27(2)29(35)4/h9-14,16-21,30,33-34,36,38H,8,15,22-26H2,1-7H3. The van der Waals surface area contributed by atoms with Crippen molar-refractivity contribution in [3.05, 3.63) is 106 Å². The molecule has 3 heteroatoms. The quantitative estimate of drug-likeness (QED) is 0.175. The SMILES string of the molecule is CCCC(Cc1ccccc1C)C(=O)C1C(C(=O)C(C)C(CC(=O)c2cccc(C)c2C)Cc2ccccc2)CCC1(C)C. The Balaban J connectivity index is 1.62. The van der Waals surface area contributed by atoms with Gasteiger partial charge in [0.05, 0.1) is 0 Å². The van der Waals surface area contributed by atoms with Crippen molar-refractivity contribution < 1.29 is 14.4 Å². The van der Waals surface area contributed by atoms with Crippen molar-refractivity contribution in [2.75, 3.05) is 0 Å². The Hall–Kier alpha value is -3.33. The van der Waals surface area contributed by atoms with E-state index in [0.717, 1.165) is 54.4 Å². The Labute approximate surface area is 265 Å². The zero-order valence-electron chi connectivity index (χ0n) is 28.0. The van der Waals surface area contributed by atoms with E-state index in [1.165, 1.54) is 11.1 Å². The van der Waals surface area contributed by atoms with Crippen LogP contribution in [0.15, 0.2) is 72.8 Å². The summed E-state index contributed by atoms with van der Waals surface area (Å²) in [5.41, 5.74) is 6.18. The van der Waals surface area contributed by atoms with Crippen LogP contribution in [0.25, 0.3) is 0 Å².